The van der Waals surface area contributed by atoms with Crippen LogP contribution in [-0.4, -0.2) is 30.2 Å². The van der Waals surface area contributed by atoms with Gasteiger partial charge < -0.3 is 9.64 Å². The number of rotatable bonds is 20. The number of aryl methyl sites for hydroxylation is 1. The summed E-state index contributed by atoms with van der Waals surface area (Å²) in [5, 5.41) is 0. The summed E-state index contributed by atoms with van der Waals surface area (Å²) in [5.41, 5.74) is -1.01. The van der Waals surface area contributed by atoms with Crippen molar-refractivity contribution in [2.24, 2.45) is 28.7 Å². The lowest BCUT2D eigenvalue weighted by molar-refractivity contribution is -0.0532. The molecular weight excluding hydrogens is 583 g/mol. The molecule has 5 rings (SSSR count). The number of halogens is 5. The zero-order valence-corrected chi connectivity index (χ0v) is 27.2. The van der Waals surface area contributed by atoms with E-state index in [-0.39, 0.29) is 36.5 Å². The van der Waals surface area contributed by atoms with Crippen molar-refractivity contribution in [3.8, 4) is 5.75 Å². The molecule has 3 aliphatic carbocycles. The number of unbranched alkanes of at least 4 members (excludes halogenated alkanes) is 8. The third kappa shape index (κ3) is 9.24. The van der Waals surface area contributed by atoms with Crippen LogP contribution in [0.5, 0.6) is 5.75 Å². The molecule has 3 atom stereocenters. The quantitative estimate of drug-likeness (QED) is 0.0808. The Balaban J connectivity index is 1.07. The van der Waals surface area contributed by atoms with E-state index in [1.807, 2.05) is 0 Å². The summed E-state index contributed by atoms with van der Waals surface area (Å²) in [4.78, 5) is 5.38. The largest absolute Gasteiger partial charge is 0.490 e. The number of alkyl halides is 3. The van der Waals surface area contributed by atoms with Crippen LogP contribution >= 0.6 is 0 Å². The van der Waals surface area contributed by atoms with Crippen molar-refractivity contribution < 1.29 is 26.7 Å². The number of nitrogens with zero attached hydrogens (tertiary/aromatic N) is 2. The molecule has 1 heterocycles. The summed E-state index contributed by atoms with van der Waals surface area (Å²) in [6, 6.07) is 1.23. The molecule has 0 saturated heterocycles. The summed E-state index contributed by atoms with van der Waals surface area (Å²) in [7, 11) is 0. The van der Waals surface area contributed by atoms with Crippen LogP contribution in [0.2, 0.25) is 0 Å². The van der Waals surface area contributed by atoms with Gasteiger partial charge in [0.15, 0.2) is 11.6 Å². The Bertz CT molecular complexity index is 1160. The van der Waals surface area contributed by atoms with Crippen LogP contribution in [0.4, 0.5) is 22.0 Å². The predicted octanol–water partition coefficient (Wildman–Crippen LogP) is 11.0. The van der Waals surface area contributed by atoms with Crippen LogP contribution in [0.3, 0.4) is 0 Å². The van der Waals surface area contributed by atoms with Crippen molar-refractivity contribution in [3.05, 3.63) is 41.1 Å². The molecule has 0 radical (unpaired) electrons. The Morgan fingerprint density at radius 1 is 0.911 bits per heavy atom. The molecule has 1 aromatic carbocycles. The fourth-order valence-corrected chi connectivity index (χ4v) is 7.40. The van der Waals surface area contributed by atoms with E-state index < -0.39 is 35.5 Å². The number of hydrogen-bond acceptors (Lipinski definition) is 3. The third-order valence-electron chi connectivity index (χ3n) is 10.6. The molecule has 45 heavy (non-hydrogen) atoms. The molecule has 0 bridgehead atoms. The first kappa shape index (κ1) is 34.2. The first-order valence-corrected chi connectivity index (χ1v) is 18.0. The molecule has 4 aliphatic rings. The van der Waals surface area contributed by atoms with Crippen LogP contribution in [-0.2, 0) is 12.3 Å². The number of fused-ring (bicyclic) bond motifs is 1. The van der Waals surface area contributed by atoms with Crippen molar-refractivity contribution in [2.75, 3.05) is 13.2 Å². The maximum absolute atomic E-state index is 15.7. The van der Waals surface area contributed by atoms with Crippen LogP contribution in [0.1, 0.15) is 134 Å². The highest BCUT2D eigenvalue weighted by molar-refractivity contribution is 5.98. The highest BCUT2D eigenvalue weighted by Gasteiger charge is 2.51. The van der Waals surface area contributed by atoms with Gasteiger partial charge in [0.05, 0.1) is 23.8 Å². The second-order valence-corrected chi connectivity index (χ2v) is 14.1. The Labute approximate surface area is 267 Å². The Morgan fingerprint density at radius 2 is 1.62 bits per heavy atom. The van der Waals surface area contributed by atoms with Crippen molar-refractivity contribution >= 4 is 5.71 Å². The lowest BCUT2D eigenvalue weighted by Crippen LogP contribution is -2.40. The summed E-state index contributed by atoms with van der Waals surface area (Å²) < 4.78 is 82.2. The minimum atomic E-state index is -3.72. The molecule has 1 aliphatic heterocycles. The number of allylic oxidation sites excluding steroid dienone is 1. The van der Waals surface area contributed by atoms with Gasteiger partial charge in [0.2, 0.25) is 5.82 Å². The van der Waals surface area contributed by atoms with E-state index in [0.29, 0.717) is 13.0 Å². The van der Waals surface area contributed by atoms with Gasteiger partial charge in [-0.3, -0.25) is 0 Å². The average Bonchev–Trinajstić information content (AvgIpc) is 3.94. The van der Waals surface area contributed by atoms with E-state index in [0.717, 1.165) is 49.9 Å². The predicted molar refractivity (Wildman–Crippen MR) is 170 cm³/mol. The van der Waals surface area contributed by atoms with Crippen molar-refractivity contribution in [2.45, 2.75) is 141 Å². The SMILES string of the molecule is CCC(CCCCCOc1cc2c(c(F)c1F)C(F)(F)C(C1=NC(F)N(CCCCCCCCCC3CC3)C=C1)CC2)C1CC1. The molecule has 2 fully saturated rings. The van der Waals surface area contributed by atoms with Gasteiger partial charge in [-0.25, -0.2) is 18.2 Å². The normalized spacial score (nSPS) is 23.2. The molecule has 0 aromatic heterocycles. The van der Waals surface area contributed by atoms with Crippen LogP contribution in [0.25, 0.3) is 0 Å². The van der Waals surface area contributed by atoms with E-state index in [1.54, 1.807) is 0 Å². The second kappa shape index (κ2) is 16.1. The van der Waals surface area contributed by atoms with E-state index in [9.17, 15) is 8.78 Å². The highest BCUT2D eigenvalue weighted by atomic mass is 19.3. The van der Waals surface area contributed by atoms with Gasteiger partial charge in [-0.1, -0.05) is 90.4 Å². The van der Waals surface area contributed by atoms with Crippen LogP contribution in [0, 0.1) is 35.3 Å². The molecule has 3 nitrogen and oxygen atoms in total. The van der Waals surface area contributed by atoms with Gasteiger partial charge in [0.1, 0.15) is 0 Å². The molecule has 2 saturated carbocycles. The van der Waals surface area contributed by atoms with Gasteiger partial charge in [-0.2, -0.15) is 8.78 Å². The van der Waals surface area contributed by atoms with Gasteiger partial charge >= 0.3 is 0 Å². The van der Waals surface area contributed by atoms with E-state index in [4.69, 9.17) is 4.74 Å². The summed E-state index contributed by atoms with van der Waals surface area (Å²) in [6.07, 6.45) is 21.1. The Hall–Kier alpha value is -2.12. The first-order chi connectivity index (χ1) is 21.8. The fraction of sp³-hybridized carbons (Fsp3) is 0.757. The summed E-state index contributed by atoms with van der Waals surface area (Å²) >= 11 is 0. The average molecular weight is 637 g/mol. The molecule has 0 amide bonds. The van der Waals surface area contributed by atoms with Gasteiger partial charge in [0.25, 0.3) is 12.3 Å². The molecule has 3 unspecified atom stereocenters. The Kier molecular flexibility index (Phi) is 12.3. The van der Waals surface area contributed by atoms with Crippen LogP contribution in [0.15, 0.2) is 23.3 Å². The second-order valence-electron chi connectivity index (χ2n) is 14.1. The summed E-state index contributed by atoms with van der Waals surface area (Å²) in [6.45, 7) is 2.91. The first-order valence-electron chi connectivity index (χ1n) is 18.0. The Morgan fingerprint density at radius 3 is 2.31 bits per heavy atom. The van der Waals surface area contributed by atoms with Gasteiger partial charge in [-0.05, 0) is 74.0 Å². The standard InChI is InChI=1S/C37H53F5N2O/c1-2-27(28-17-18-28)14-10-8-12-24-45-32-25-29-19-20-30(37(41,42)33(29)35(39)34(32)38)31-21-23-44(36(40)43-31)22-11-7-5-3-4-6-9-13-26-15-16-26/h21,23,25-28,30,36H,2-20,22,24H2,1H3. The van der Waals surface area contributed by atoms with Crippen LogP contribution < -0.4 is 4.74 Å². The van der Waals surface area contributed by atoms with Gasteiger partial charge in [-0.15, -0.1) is 0 Å². The lowest BCUT2D eigenvalue weighted by Gasteiger charge is -2.36. The van der Waals surface area contributed by atoms with E-state index >= 15 is 13.2 Å². The van der Waals surface area contributed by atoms with Crippen molar-refractivity contribution in [3.63, 3.8) is 0 Å². The van der Waals surface area contributed by atoms with Crippen molar-refractivity contribution in [1.82, 2.24) is 4.90 Å². The number of ether oxygens (including phenoxy) is 1. The number of hydrogen-bond donors (Lipinski definition) is 0. The molecule has 252 valence electrons. The third-order valence-corrected chi connectivity index (χ3v) is 10.6. The lowest BCUT2D eigenvalue weighted by atomic mass is 9.77. The highest BCUT2D eigenvalue weighted by Crippen LogP contribution is 2.48. The smallest absolute Gasteiger partial charge is 0.284 e. The zero-order valence-electron chi connectivity index (χ0n) is 27.2. The molecule has 1 aromatic rings. The number of aliphatic imine (C=N–C) groups is 1. The maximum Gasteiger partial charge on any atom is 0.284 e. The molecule has 8 heteroatoms. The minimum Gasteiger partial charge on any atom is -0.490 e. The zero-order chi connectivity index (χ0) is 31.8. The van der Waals surface area contributed by atoms with Gasteiger partial charge in [0, 0.05) is 12.7 Å². The molecule has 0 N–H and O–H groups in total. The molecule has 0 spiro atoms. The fourth-order valence-electron chi connectivity index (χ4n) is 7.40. The summed E-state index contributed by atoms with van der Waals surface area (Å²) in [5.74, 6) is -5.86. The maximum atomic E-state index is 15.7. The minimum absolute atomic E-state index is 0.0410. The topological polar surface area (TPSA) is 24.8 Å². The molecular formula is C37H53F5N2O. The van der Waals surface area contributed by atoms with Crippen molar-refractivity contribution in [1.29, 1.82) is 0 Å². The van der Waals surface area contributed by atoms with E-state index in [2.05, 4.69) is 11.9 Å². The number of benzene rings is 1. The van der Waals surface area contributed by atoms with E-state index in [1.165, 1.54) is 93.9 Å². The monoisotopic (exact) mass is 636 g/mol.